The van der Waals surface area contributed by atoms with Gasteiger partial charge in [0.2, 0.25) is 5.91 Å². The average Bonchev–Trinajstić information content (AvgIpc) is 2.52. The number of hydrogen-bond donors (Lipinski definition) is 1. The normalized spacial score (nSPS) is 10.0. The van der Waals surface area contributed by atoms with E-state index in [4.69, 9.17) is 28.5 Å². The van der Waals surface area contributed by atoms with Crippen molar-refractivity contribution in [1.29, 1.82) is 5.26 Å². The molecule has 1 N–H and O–H groups in total. The minimum absolute atomic E-state index is 0.0459. The van der Waals surface area contributed by atoms with Gasteiger partial charge in [-0.05, 0) is 41.8 Å². The Labute approximate surface area is 139 Å². The molecule has 0 aliphatic rings. The van der Waals surface area contributed by atoms with Gasteiger partial charge < -0.3 is 5.32 Å². The molecule has 0 atom stereocenters. The van der Waals surface area contributed by atoms with E-state index < -0.39 is 0 Å². The predicted octanol–water partition coefficient (Wildman–Crippen LogP) is 4.11. The van der Waals surface area contributed by atoms with Crippen molar-refractivity contribution in [1.82, 2.24) is 5.32 Å². The van der Waals surface area contributed by atoms with Gasteiger partial charge in [0.05, 0.1) is 11.6 Å². The summed E-state index contributed by atoms with van der Waals surface area (Å²) >= 11 is 11.9. The lowest BCUT2D eigenvalue weighted by Gasteiger charge is -2.07. The van der Waals surface area contributed by atoms with Gasteiger partial charge in [0, 0.05) is 23.0 Å². The zero-order valence-corrected chi connectivity index (χ0v) is 13.3. The SMILES string of the molecule is N#Cc1ccc(CCC(=O)NCc2ccc(Cl)cc2Cl)cc1. The number of carbonyl (C=O) groups excluding carboxylic acids is 1. The first-order valence-electron chi connectivity index (χ1n) is 6.78. The number of benzene rings is 2. The van der Waals surface area contributed by atoms with Crippen molar-refractivity contribution in [3.05, 3.63) is 69.2 Å². The van der Waals surface area contributed by atoms with Crippen LogP contribution in [-0.4, -0.2) is 5.91 Å². The molecule has 1 amide bonds. The Balaban J connectivity index is 1.81. The molecule has 2 aromatic carbocycles. The topological polar surface area (TPSA) is 52.9 Å². The molecule has 0 spiro atoms. The van der Waals surface area contributed by atoms with Gasteiger partial charge in [0.15, 0.2) is 0 Å². The lowest BCUT2D eigenvalue weighted by atomic mass is 10.1. The Morgan fingerprint density at radius 2 is 1.86 bits per heavy atom. The molecular weight excluding hydrogens is 319 g/mol. The highest BCUT2D eigenvalue weighted by Gasteiger charge is 2.05. The number of nitrogens with zero attached hydrogens (tertiary/aromatic N) is 1. The highest BCUT2D eigenvalue weighted by atomic mass is 35.5. The number of amides is 1. The number of aryl methyl sites for hydroxylation is 1. The first-order chi connectivity index (χ1) is 10.6. The van der Waals surface area contributed by atoms with E-state index in [0.29, 0.717) is 35.0 Å². The summed E-state index contributed by atoms with van der Waals surface area (Å²) < 4.78 is 0. The second-order valence-corrected chi connectivity index (χ2v) is 5.66. The molecule has 5 heteroatoms. The third-order valence-corrected chi connectivity index (χ3v) is 3.80. The Bertz CT molecular complexity index is 706. The molecular formula is C17H14Cl2N2O. The van der Waals surface area contributed by atoms with Crippen molar-refractivity contribution in [2.24, 2.45) is 0 Å². The van der Waals surface area contributed by atoms with Crippen molar-refractivity contribution in [2.45, 2.75) is 19.4 Å². The highest BCUT2D eigenvalue weighted by Crippen LogP contribution is 2.20. The van der Waals surface area contributed by atoms with Crippen LogP contribution in [0.5, 0.6) is 0 Å². The zero-order chi connectivity index (χ0) is 15.9. The van der Waals surface area contributed by atoms with E-state index in [0.717, 1.165) is 11.1 Å². The molecule has 0 heterocycles. The molecule has 2 rings (SSSR count). The summed E-state index contributed by atoms with van der Waals surface area (Å²) in [6, 6.07) is 14.5. The first-order valence-corrected chi connectivity index (χ1v) is 7.54. The summed E-state index contributed by atoms with van der Waals surface area (Å²) in [5.74, 6) is -0.0459. The van der Waals surface area contributed by atoms with Crippen LogP contribution < -0.4 is 5.32 Å². The number of nitrogens with one attached hydrogen (secondary N) is 1. The number of rotatable bonds is 5. The van der Waals surface area contributed by atoms with Crippen molar-refractivity contribution < 1.29 is 4.79 Å². The molecule has 0 saturated carbocycles. The third kappa shape index (κ3) is 4.77. The fourth-order valence-corrected chi connectivity index (χ4v) is 2.43. The van der Waals surface area contributed by atoms with Crippen LogP contribution in [0.1, 0.15) is 23.1 Å². The number of nitriles is 1. The Morgan fingerprint density at radius 1 is 1.14 bits per heavy atom. The van der Waals surface area contributed by atoms with E-state index in [1.807, 2.05) is 12.1 Å². The summed E-state index contributed by atoms with van der Waals surface area (Å²) in [7, 11) is 0. The number of carbonyl (C=O) groups is 1. The van der Waals surface area contributed by atoms with Gasteiger partial charge in [-0.25, -0.2) is 0 Å². The fourth-order valence-electron chi connectivity index (χ4n) is 1.95. The average molecular weight is 333 g/mol. The maximum Gasteiger partial charge on any atom is 0.220 e. The van der Waals surface area contributed by atoms with Crippen LogP contribution in [0.4, 0.5) is 0 Å². The van der Waals surface area contributed by atoms with Gasteiger partial charge in [-0.15, -0.1) is 0 Å². The second-order valence-electron chi connectivity index (χ2n) is 4.82. The van der Waals surface area contributed by atoms with Gasteiger partial charge in [0.25, 0.3) is 0 Å². The number of halogens is 2. The molecule has 0 fully saturated rings. The Morgan fingerprint density at radius 3 is 2.50 bits per heavy atom. The van der Waals surface area contributed by atoms with Crippen LogP contribution in [-0.2, 0) is 17.8 Å². The molecule has 0 aliphatic heterocycles. The van der Waals surface area contributed by atoms with Gasteiger partial charge in [-0.1, -0.05) is 41.4 Å². The van der Waals surface area contributed by atoms with E-state index in [2.05, 4.69) is 11.4 Å². The quantitative estimate of drug-likeness (QED) is 0.895. The van der Waals surface area contributed by atoms with Crippen LogP contribution in [0, 0.1) is 11.3 Å². The minimum Gasteiger partial charge on any atom is -0.352 e. The smallest absolute Gasteiger partial charge is 0.220 e. The van der Waals surface area contributed by atoms with E-state index in [1.54, 1.807) is 30.3 Å². The fraction of sp³-hybridized carbons (Fsp3) is 0.176. The van der Waals surface area contributed by atoms with Crippen molar-refractivity contribution in [3.8, 4) is 6.07 Å². The summed E-state index contributed by atoms with van der Waals surface area (Å²) in [6.45, 7) is 0.377. The third-order valence-electron chi connectivity index (χ3n) is 3.21. The van der Waals surface area contributed by atoms with Gasteiger partial charge in [-0.3, -0.25) is 4.79 Å². The maximum absolute atomic E-state index is 11.9. The molecule has 0 aliphatic carbocycles. The van der Waals surface area contributed by atoms with Crippen molar-refractivity contribution >= 4 is 29.1 Å². The summed E-state index contributed by atoms with van der Waals surface area (Å²) in [5, 5.41) is 12.7. The van der Waals surface area contributed by atoms with Gasteiger partial charge >= 0.3 is 0 Å². The Kier molecular flexibility index (Phi) is 5.83. The molecule has 0 unspecified atom stereocenters. The zero-order valence-electron chi connectivity index (χ0n) is 11.8. The molecule has 2 aromatic rings. The number of hydrogen-bond acceptors (Lipinski definition) is 2. The van der Waals surface area contributed by atoms with Crippen LogP contribution in [0.3, 0.4) is 0 Å². The lowest BCUT2D eigenvalue weighted by molar-refractivity contribution is -0.121. The second kappa shape index (κ2) is 7.84. The van der Waals surface area contributed by atoms with Crippen LogP contribution >= 0.6 is 23.2 Å². The standard InChI is InChI=1S/C17H14Cl2N2O/c18-15-7-6-14(16(19)9-15)11-21-17(22)8-5-12-1-3-13(10-20)4-2-12/h1-4,6-7,9H,5,8,11H2,(H,21,22). The highest BCUT2D eigenvalue weighted by molar-refractivity contribution is 6.35. The predicted molar refractivity (Wildman–Crippen MR) is 87.8 cm³/mol. The van der Waals surface area contributed by atoms with Crippen LogP contribution in [0.25, 0.3) is 0 Å². The largest absolute Gasteiger partial charge is 0.352 e. The molecule has 22 heavy (non-hydrogen) atoms. The van der Waals surface area contributed by atoms with E-state index in [9.17, 15) is 4.79 Å². The summed E-state index contributed by atoms with van der Waals surface area (Å²) in [4.78, 5) is 11.9. The van der Waals surface area contributed by atoms with E-state index >= 15 is 0 Å². The lowest BCUT2D eigenvalue weighted by Crippen LogP contribution is -2.23. The molecule has 0 radical (unpaired) electrons. The van der Waals surface area contributed by atoms with E-state index in [-0.39, 0.29) is 5.91 Å². The maximum atomic E-state index is 11.9. The molecule has 112 valence electrons. The monoisotopic (exact) mass is 332 g/mol. The molecule has 3 nitrogen and oxygen atoms in total. The van der Waals surface area contributed by atoms with Crippen molar-refractivity contribution in [2.75, 3.05) is 0 Å². The minimum atomic E-state index is -0.0459. The van der Waals surface area contributed by atoms with Crippen LogP contribution in [0.15, 0.2) is 42.5 Å². The van der Waals surface area contributed by atoms with Gasteiger partial charge in [-0.2, -0.15) is 5.26 Å². The van der Waals surface area contributed by atoms with Gasteiger partial charge in [0.1, 0.15) is 0 Å². The summed E-state index contributed by atoms with van der Waals surface area (Å²) in [5.41, 5.74) is 2.47. The van der Waals surface area contributed by atoms with E-state index in [1.165, 1.54) is 0 Å². The molecule has 0 aromatic heterocycles. The molecule has 0 saturated heterocycles. The first kappa shape index (κ1) is 16.4. The summed E-state index contributed by atoms with van der Waals surface area (Å²) in [6.07, 6.45) is 1.02. The molecule has 0 bridgehead atoms. The Hall–Kier alpha value is -2.02. The van der Waals surface area contributed by atoms with Crippen LogP contribution in [0.2, 0.25) is 10.0 Å². The van der Waals surface area contributed by atoms with Crippen molar-refractivity contribution in [3.63, 3.8) is 0 Å².